The highest BCUT2D eigenvalue weighted by molar-refractivity contribution is 6.06. The predicted molar refractivity (Wildman–Crippen MR) is 70.7 cm³/mol. The largest absolute Gasteiger partial charge is 0.442 e. The highest BCUT2D eigenvalue weighted by Crippen LogP contribution is 2.20. The normalized spacial score (nSPS) is 18.6. The first-order valence-corrected chi connectivity index (χ1v) is 6.53. The molecule has 0 saturated carbocycles. The van der Waals surface area contributed by atoms with Gasteiger partial charge in [-0.1, -0.05) is 0 Å². The van der Waals surface area contributed by atoms with Gasteiger partial charge >= 0.3 is 0 Å². The van der Waals surface area contributed by atoms with E-state index in [4.69, 9.17) is 9.15 Å². The molecular formula is C13H15N3O4. The zero-order valence-corrected chi connectivity index (χ0v) is 11.1. The van der Waals surface area contributed by atoms with E-state index in [0.29, 0.717) is 12.3 Å². The Labute approximate surface area is 114 Å². The lowest BCUT2D eigenvalue weighted by molar-refractivity contribution is 0.0857. The van der Waals surface area contributed by atoms with Gasteiger partial charge in [-0.05, 0) is 19.8 Å². The van der Waals surface area contributed by atoms with E-state index in [0.717, 1.165) is 19.4 Å². The quantitative estimate of drug-likeness (QED) is 0.862. The number of nitrogens with zero attached hydrogens (tertiary/aromatic N) is 1. The zero-order valence-electron chi connectivity index (χ0n) is 11.1. The van der Waals surface area contributed by atoms with Crippen LogP contribution in [0, 0.1) is 6.92 Å². The van der Waals surface area contributed by atoms with Gasteiger partial charge in [-0.15, -0.1) is 0 Å². The number of hydrogen-bond acceptors (Lipinski definition) is 5. The molecule has 1 saturated heterocycles. The Morgan fingerprint density at radius 2 is 2.45 bits per heavy atom. The molecule has 0 aliphatic carbocycles. The van der Waals surface area contributed by atoms with Crippen LogP contribution in [0.5, 0.6) is 0 Å². The average molecular weight is 277 g/mol. The van der Waals surface area contributed by atoms with Gasteiger partial charge in [0.25, 0.3) is 11.5 Å². The van der Waals surface area contributed by atoms with Crippen molar-refractivity contribution in [2.75, 3.05) is 13.2 Å². The van der Waals surface area contributed by atoms with Gasteiger partial charge in [0.05, 0.1) is 18.0 Å². The van der Waals surface area contributed by atoms with Crippen LogP contribution in [0.2, 0.25) is 0 Å². The van der Waals surface area contributed by atoms with Crippen molar-refractivity contribution in [3.8, 4) is 0 Å². The summed E-state index contributed by atoms with van der Waals surface area (Å²) in [5, 5.41) is 2.97. The maximum atomic E-state index is 12.2. The zero-order chi connectivity index (χ0) is 14.1. The Morgan fingerprint density at radius 1 is 1.60 bits per heavy atom. The second-order valence-corrected chi connectivity index (χ2v) is 4.79. The van der Waals surface area contributed by atoms with Crippen LogP contribution >= 0.6 is 0 Å². The van der Waals surface area contributed by atoms with Gasteiger partial charge in [-0.2, -0.15) is 0 Å². The molecule has 106 valence electrons. The Balaban J connectivity index is 1.87. The summed E-state index contributed by atoms with van der Waals surface area (Å²) in [4.78, 5) is 30.4. The van der Waals surface area contributed by atoms with Crippen molar-refractivity contribution in [2.45, 2.75) is 25.9 Å². The van der Waals surface area contributed by atoms with Crippen molar-refractivity contribution >= 4 is 17.0 Å². The maximum Gasteiger partial charge on any atom is 0.262 e. The summed E-state index contributed by atoms with van der Waals surface area (Å²) in [5.74, 6) is 0.0456. The number of aryl methyl sites for hydroxylation is 1. The fourth-order valence-electron chi connectivity index (χ4n) is 2.43. The molecule has 1 atom stereocenters. The standard InChI is InChI=1S/C13H15N3O4/c1-7-9(10-12(18)15-6-16-13(10)20-7)11(17)14-5-8-3-2-4-19-8/h6,8H,2-5H2,1H3,(H,14,17)(H,15,16,18)/t8-/m0/s1. The third-order valence-corrected chi connectivity index (χ3v) is 3.41. The maximum absolute atomic E-state index is 12.2. The fourth-order valence-corrected chi connectivity index (χ4v) is 2.43. The van der Waals surface area contributed by atoms with Crippen LogP contribution in [-0.4, -0.2) is 35.1 Å². The predicted octanol–water partition coefficient (Wildman–Crippen LogP) is 0.733. The topological polar surface area (TPSA) is 97.2 Å². The van der Waals surface area contributed by atoms with Gasteiger partial charge in [-0.3, -0.25) is 9.59 Å². The number of hydrogen-bond donors (Lipinski definition) is 2. The van der Waals surface area contributed by atoms with E-state index in [-0.39, 0.29) is 34.2 Å². The Hall–Kier alpha value is -2.15. The molecule has 1 aliphatic heterocycles. The van der Waals surface area contributed by atoms with E-state index in [1.807, 2.05) is 0 Å². The van der Waals surface area contributed by atoms with Crippen molar-refractivity contribution in [1.29, 1.82) is 0 Å². The molecule has 2 aromatic rings. The van der Waals surface area contributed by atoms with Crippen molar-refractivity contribution in [3.63, 3.8) is 0 Å². The molecule has 0 bridgehead atoms. The minimum atomic E-state index is -0.380. The summed E-state index contributed by atoms with van der Waals surface area (Å²) in [6, 6.07) is 0. The van der Waals surface area contributed by atoms with E-state index in [1.54, 1.807) is 6.92 Å². The summed E-state index contributed by atoms with van der Waals surface area (Å²) in [6.45, 7) is 2.81. The molecule has 2 aromatic heterocycles. The summed E-state index contributed by atoms with van der Waals surface area (Å²) >= 11 is 0. The summed E-state index contributed by atoms with van der Waals surface area (Å²) in [7, 11) is 0. The lowest BCUT2D eigenvalue weighted by Crippen LogP contribution is -2.32. The minimum Gasteiger partial charge on any atom is -0.442 e. The van der Waals surface area contributed by atoms with Gasteiger partial charge < -0.3 is 19.5 Å². The van der Waals surface area contributed by atoms with Gasteiger partial charge in [-0.25, -0.2) is 4.98 Å². The van der Waals surface area contributed by atoms with Gasteiger partial charge in [0.15, 0.2) is 0 Å². The van der Waals surface area contributed by atoms with Crippen LogP contribution in [-0.2, 0) is 4.74 Å². The highest BCUT2D eigenvalue weighted by atomic mass is 16.5. The number of carbonyl (C=O) groups excluding carboxylic acids is 1. The third kappa shape index (κ3) is 2.20. The van der Waals surface area contributed by atoms with Crippen LogP contribution in [0.25, 0.3) is 11.1 Å². The summed E-state index contributed by atoms with van der Waals surface area (Å²) in [6.07, 6.45) is 3.25. The Bertz CT molecular complexity index is 697. The average Bonchev–Trinajstić information content (AvgIpc) is 3.03. The molecular weight excluding hydrogens is 262 g/mol. The molecule has 1 aliphatic rings. The van der Waals surface area contributed by atoms with Crippen LogP contribution in [0.1, 0.15) is 29.0 Å². The van der Waals surface area contributed by atoms with Crippen molar-refractivity contribution < 1.29 is 13.9 Å². The molecule has 3 heterocycles. The first-order chi connectivity index (χ1) is 9.66. The van der Waals surface area contributed by atoms with Gasteiger partial charge in [0.1, 0.15) is 11.1 Å². The smallest absolute Gasteiger partial charge is 0.262 e. The Morgan fingerprint density at radius 3 is 3.20 bits per heavy atom. The van der Waals surface area contributed by atoms with Crippen LogP contribution < -0.4 is 10.9 Å². The van der Waals surface area contributed by atoms with E-state index < -0.39 is 0 Å². The summed E-state index contributed by atoms with van der Waals surface area (Å²) in [5.41, 5.74) is 0.0370. The Kier molecular flexibility index (Phi) is 3.27. The second-order valence-electron chi connectivity index (χ2n) is 4.79. The molecule has 20 heavy (non-hydrogen) atoms. The summed E-state index contributed by atoms with van der Waals surface area (Å²) < 4.78 is 10.8. The van der Waals surface area contributed by atoms with Crippen LogP contribution in [0.15, 0.2) is 15.5 Å². The SMILES string of the molecule is Cc1oc2nc[nH]c(=O)c2c1C(=O)NC[C@@H]1CCCO1. The van der Waals surface area contributed by atoms with E-state index in [1.165, 1.54) is 6.33 Å². The molecule has 0 unspecified atom stereocenters. The molecule has 2 N–H and O–H groups in total. The number of amides is 1. The highest BCUT2D eigenvalue weighted by Gasteiger charge is 2.23. The van der Waals surface area contributed by atoms with Gasteiger partial charge in [0, 0.05) is 13.2 Å². The monoisotopic (exact) mass is 277 g/mol. The van der Waals surface area contributed by atoms with Crippen molar-refractivity contribution in [1.82, 2.24) is 15.3 Å². The molecule has 0 spiro atoms. The molecule has 0 radical (unpaired) electrons. The van der Waals surface area contributed by atoms with Crippen molar-refractivity contribution in [2.24, 2.45) is 0 Å². The number of nitrogens with one attached hydrogen (secondary N) is 2. The lowest BCUT2D eigenvalue weighted by atomic mass is 10.1. The fraction of sp³-hybridized carbons (Fsp3) is 0.462. The van der Waals surface area contributed by atoms with Crippen LogP contribution in [0.3, 0.4) is 0 Å². The molecule has 7 heteroatoms. The number of rotatable bonds is 3. The van der Waals surface area contributed by atoms with E-state index >= 15 is 0 Å². The second kappa shape index (κ2) is 5.09. The van der Waals surface area contributed by atoms with Crippen LogP contribution in [0.4, 0.5) is 0 Å². The number of carbonyl (C=O) groups is 1. The minimum absolute atomic E-state index is 0.0498. The number of furan rings is 1. The number of aromatic amines is 1. The van der Waals surface area contributed by atoms with E-state index in [2.05, 4.69) is 15.3 Å². The molecule has 3 rings (SSSR count). The van der Waals surface area contributed by atoms with Crippen molar-refractivity contribution in [3.05, 3.63) is 28.0 Å². The first-order valence-electron chi connectivity index (χ1n) is 6.53. The molecule has 7 nitrogen and oxygen atoms in total. The number of aromatic nitrogens is 2. The van der Waals surface area contributed by atoms with Gasteiger partial charge in [0.2, 0.25) is 5.71 Å². The third-order valence-electron chi connectivity index (χ3n) is 3.41. The molecule has 0 aromatic carbocycles. The molecule has 1 amide bonds. The number of ether oxygens (including phenoxy) is 1. The first kappa shape index (κ1) is 12.9. The lowest BCUT2D eigenvalue weighted by Gasteiger charge is -2.10. The van der Waals surface area contributed by atoms with E-state index in [9.17, 15) is 9.59 Å². The molecule has 1 fully saturated rings. The number of H-pyrrole nitrogens is 1. The number of fused-ring (bicyclic) bond motifs is 1.